The third-order valence-corrected chi connectivity index (χ3v) is 5.99. The zero-order valence-electron chi connectivity index (χ0n) is 16.7. The Kier molecular flexibility index (Phi) is 5.56. The van der Waals surface area contributed by atoms with Crippen molar-refractivity contribution in [3.05, 3.63) is 88.3 Å². The molecule has 0 spiro atoms. The highest BCUT2D eigenvalue weighted by Gasteiger charge is 2.19. The zero-order valence-corrected chi connectivity index (χ0v) is 17.5. The summed E-state index contributed by atoms with van der Waals surface area (Å²) in [6, 6.07) is 15.0. The lowest BCUT2D eigenvalue weighted by molar-refractivity contribution is 0.253. The minimum Gasteiger partial charge on any atom is -0.293 e. The molecule has 0 aliphatic heterocycles. The molecular weight excluding hydrogens is 383 g/mol. The average molecular weight is 407 g/mol. The topological polar surface area (TPSA) is 34.0 Å². The van der Waals surface area contributed by atoms with Gasteiger partial charge in [0, 0.05) is 35.4 Å². The Balaban J connectivity index is 1.72. The maximum absolute atomic E-state index is 13.9. The SMILES string of the molecule is Cc1cccc(-n2cc(CN(C)[C@@H](C)c3nccs3)c(-c3cccc(F)c3)n2)c1. The summed E-state index contributed by atoms with van der Waals surface area (Å²) >= 11 is 1.65. The van der Waals surface area contributed by atoms with E-state index in [1.807, 2.05) is 40.7 Å². The second-order valence-electron chi connectivity index (χ2n) is 7.26. The van der Waals surface area contributed by atoms with E-state index in [1.165, 1.54) is 17.7 Å². The molecule has 0 N–H and O–H groups in total. The number of hydrogen-bond acceptors (Lipinski definition) is 4. The summed E-state index contributed by atoms with van der Waals surface area (Å²) in [4.78, 5) is 6.68. The molecule has 4 nitrogen and oxygen atoms in total. The van der Waals surface area contributed by atoms with Gasteiger partial charge >= 0.3 is 0 Å². The van der Waals surface area contributed by atoms with Crippen LogP contribution in [0.5, 0.6) is 0 Å². The van der Waals surface area contributed by atoms with Crippen molar-refractivity contribution in [1.29, 1.82) is 0 Å². The van der Waals surface area contributed by atoms with Crippen LogP contribution < -0.4 is 0 Å². The predicted molar refractivity (Wildman–Crippen MR) is 116 cm³/mol. The third kappa shape index (κ3) is 4.28. The van der Waals surface area contributed by atoms with Gasteiger partial charge in [-0.25, -0.2) is 14.1 Å². The molecule has 0 unspecified atom stereocenters. The van der Waals surface area contributed by atoms with Crippen molar-refractivity contribution in [2.75, 3.05) is 7.05 Å². The van der Waals surface area contributed by atoms with Crippen LogP contribution in [0.1, 0.15) is 29.1 Å². The maximum Gasteiger partial charge on any atom is 0.123 e. The Morgan fingerprint density at radius 3 is 2.72 bits per heavy atom. The highest BCUT2D eigenvalue weighted by Crippen LogP contribution is 2.28. The highest BCUT2D eigenvalue weighted by molar-refractivity contribution is 7.09. The molecule has 2 aromatic heterocycles. The molecule has 0 radical (unpaired) electrons. The van der Waals surface area contributed by atoms with Crippen LogP contribution in [0.4, 0.5) is 4.39 Å². The standard InChI is InChI=1S/C23H23FN4S/c1-16-6-4-9-21(12-16)28-15-19(14-27(3)17(2)23-25-10-11-29-23)22(26-28)18-7-5-8-20(24)13-18/h4-13,15,17H,14H2,1-3H3/t17-/m0/s1. The number of thiazole rings is 1. The van der Waals surface area contributed by atoms with Gasteiger partial charge < -0.3 is 0 Å². The number of rotatable bonds is 6. The first kappa shape index (κ1) is 19.5. The first-order chi connectivity index (χ1) is 14.0. The van der Waals surface area contributed by atoms with E-state index in [9.17, 15) is 4.39 Å². The normalized spacial score (nSPS) is 12.4. The predicted octanol–water partition coefficient (Wildman–Crippen LogP) is 5.64. The van der Waals surface area contributed by atoms with E-state index in [4.69, 9.17) is 5.10 Å². The number of aromatic nitrogens is 3. The largest absolute Gasteiger partial charge is 0.293 e. The minimum absolute atomic E-state index is 0.178. The Labute approximate surface area is 174 Å². The fraction of sp³-hybridized carbons (Fsp3) is 0.217. The summed E-state index contributed by atoms with van der Waals surface area (Å²) in [5.41, 5.74) is 4.78. The van der Waals surface area contributed by atoms with Crippen molar-refractivity contribution in [3.63, 3.8) is 0 Å². The van der Waals surface area contributed by atoms with Crippen LogP contribution in [0.3, 0.4) is 0 Å². The fourth-order valence-electron chi connectivity index (χ4n) is 3.34. The summed E-state index contributed by atoms with van der Waals surface area (Å²) < 4.78 is 15.8. The molecule has 4 aromatic rings. The highest BCUT2D eigenvalue weighted by atomic mass is 32.1. The smallest absolute Gasteiger partial charge is 0.123 e. The van der Waals surface area contributed by atoms with E-state index < -0.39 is 0 Å². The van der Waals surface area contributed by atoms with Crippen molar-refractivity contribution < 1.29 is 4.39 Å². The maximum atomic E-state index is 13.9. The van der Waals surface area contributed by atoms with Gasteiger partial charge in [0.25, 0.3) is 0 Å². The molecule has 2 aromatic carbocycles. The Hall–Kier alpha value is -2.83. The summed E-state index contributed by atoms with van der Waals surface area (Å²) in [5.74, 6) is -0.261. The van der Waals surface area contributed by atoms with Crippen LogP contribution >= 0.6 is 11.3 Å². The summed E-state index contributed by atoms with van der Waals surface area (Å²) in [6.07, 6.45) is 3.87. The Morgan fingerprint density at radius 1 is 1.17 bits per heavy atom. The first-order valence-electron chi connectivity index (χ1n) is 9.52. The first-order valence-corrected chi connectivity index (χ1v) is 10.4. The van der Waals surface area contributed by atoms with Crippen LogP contribution in [-0.2, 0) is 6.54 Å². The average Bonchev–Trinajstić information content (AvgIpc) is 3.38. The van der Waals surface area contributed by atoms with Crippen LogP contribution in [0.25, 0.3) is 16.9 Å². The van der Waals surface area contributed by atoms with Gasteiger partial charge in [0.15, 0.2) is 0 Å². The van der Waals surface area contributed by atoms with E-state index >= 15 is 0 Å². The third-order valence-electron chi connectivity index (χ3n) is 5.04. The molecular formula is C23H23FN4S. The van der Waals surface area contributed by atoms with E-state index in [-0.39, 0.29) is 11.9 Å². The molecule has 0 aliphatic carbocycles. The molecule has 29 heavy (non-hydrogen) atoms. The lowest BCUT2D eigenvalue weighted by Crippen LogP contribution is -2.21. The monoisotopic (exact) mass is 406 g/mol. The number of benzene rings is 2. The van der Waals surface area contributed by atoms with Gasteiger partial charge in [-0.2, -0.15) is 5.10 Å². The molecule has 0 saturated heterocycles. The minimum atomic E-state index is -0.261. The van der Waals surface area contributed by atoms with E-state index in [2.05, 4.69) is 42.9 Å². The van der Waals surface area contributed by atoms with Gasteiger partial charge in [0.05, 0.1) is 17.4 Å². The van der Waals surface area contributed by atoms with Gasteiger partial charge in [0.1, 0.15) is 10.8 Å². The number of aryl methyl sites for hydroxylation is 1. The van der Waals surface area contributed by atoms with Gasteiger partial charge in [-0.1, -0.05) is 24.3 Å². The van der Waals surface area contributed by atoms with Crippen LogP contribution in [0.15, 0.2) is 66.3 Å². The summed E-state index contributed by atoms with van der Waals surface area (Å²) in [7, 11) is 2.07. The lowest BCUT2D eigenvalue weighted by atomic mass is 10.1. The van der Waals surface area contributed by atoms with Gasteiger partial charge in [-0.05, 0) is 50.7 Å². The number of nitrogens with zero attached hydrogens (tertiary/aromatic N) is 4. The number of hydrogen-bond donors (Lipinski definition) is 0. The van der Waals surface area contributed by atoms with Crippen LogP contribution in [0.2, 0.25) is 0 Å². The van der Waals surface area contributed by atoms with Crippen molar-refractivity contribution in [2.45, 2.75) is 26.4 Å². The quantitative estimate of drug-likeness (QED) is 0.416. The second-order valence-corrected chi connectivity index (χ2v) is 8.18. The van der Waals surface area contributed by atoms with Crippen molar-refractivity contribution in [3.8, 4) is 16.9 Å². The van der Waals surface area contributed by atoms with Crippen LogP contribution in [-0.4, -0.2) is 26.7 Å². The van der Waals surface area contributed by atoms with E-state index in [0.717, 1.165) is 27.5 Å². The molecule has 6 heteroatoms. The summed E-state index contributed by atoms with van der Waals surface area (Å²) in [5, 5.41) is 7.89. The Morgan fingerprint density at radius 2 is 2.00 bits per heavy atom. The van der Waals surface area contributed by atoms with Crippen molar-refractivity contribution >= 4 is 11.3 Å². The molecule has 0 amide bonds. The lowest BCUT2D eigenvalue weighted by Gasteiger charge is -2.22. The van der Waals surface area contributed by atoms with Gasteiger partial charge in [0.2, 0.25) is 0 Å². The summed E-state index contributed by atoms with van der Waals surface area (Å²) in [6.45, 7) is 4.88. The fourth-order valence-corrected chi connectivity index (χ4v) is 4.10. The molecule has 0 aliphatic rings. The van der Waals surface area contributed by atoms with E-state index in [1.54, 1.807) is 17.4 Å². The molecule has 148 valence electrons. The molecule has 1 atom stereocenters. The van der Waals surface area contributed by atoms with Crippen molar-refractivity contribution in [1.82, 2.24) is 19.7 Å². The number of halogens is 1. The van der Waals surface area contributed by atoms with Crippen molar-refractivity contribution in [2.24, 2.45) is 0 Å². The zero-order chi connectivity index (χ0) is 20.4. The molecule has 4 rings (SSSR count). The second kappa shape index (κ2) is 8.27. The van der Waals surface area contributed by atoms with Crippen LogP contribution in [0, 0.1) is 12.7 Å². The van der Waals surface area contributed by atoms with E-state index in [0.29, 0.717) is 6.54 Å². The molecule has 0 fully saturated rings. The molecule has 0 bridgehead atoms. The van der Waals surface area contributed by atoms with Gasteiger partial charge in [-0.3, -0.25) is 4.90 Å². The van der Waals surface area contributed by atoms with Gasteiger partial charge in [-0.15, -0.1) is 11.3 Å². The molecule has 0 saturated carbocycles. The Bertz CT molecular complexity index is 1100. The molecule has 2 heterocycles.